The summed E-state index contributed by atoms with van der Waals surface area (Å²) in [5, 5.41) is 3.70. The maximum Gasteiger partial charge on any atom is 0.264 e. The van der Waals surface area contributed by atoms with E-state index < -0.39 is 34.4 Å². The number of benzene rings is 3. The average Bonchev–Trinajstić information content (AvgIpc) is 2.87. The molecular weight excluding hydrogens is 604 g/mol. The summed E-state index contributed by atoms with van der Waals surface area (Å²) in [7, 11) is -4.27. The molecule has 39 heavy (non-hydrogen) atoms. The number of amides is 2. The highest BCUT2D eigenvalue weighted by Crippen LogP contribution is 2.33. The largest absolute Gasteiger partial charge is 0.352 e. The first kappa shape index (κ1) is 31.0. The molecule has 3 aromatic rings. The van der Waals surface area contributed by atoms with Crippen molar-refractivity contribution in [3.8, 4) is 0 Å². The van der Waals surface area contributed by atoms with Crippen molar-refractivity contribution in [2.75, 3.05) is 10.8 Å². The SMILES string of the molecule is CC(C)NC(=O)C(C)N(Cc1c(Cl)cccc1Cl)C(=O)CN(c1ccc(Cl)cc1Cl)S(=O)(=O)c1ccccc1. The van der Waals surface area contributed by atoms with Crippen LogP contribution in [0.5, 0.6) is 0 Å². The molecule has 0 fully saturated rings. The molecule has 0 aliphatic carbocycles. The van der Waals surface area contributed by atoms with Crippen LogP contribution >= 0.6 is 46.4 Å². The molecule has 1 unspecified atom stereocenters. The van der Waals surface area contributed by atoms with E-state index in [2.05, 4.69) is 5.32 Å². The van der Waals surface area contributed by atoms with Gasteiger partial charge in [0.1, 0.15) is 12.6 Å². The van der Waals surface area contributed by atoms with E-state index in [9.17, 15) is 18.0 Å². The fourth-order valence-electron chi connectivity index (χ4n) is 3.76. The van der Waals surface area contributed by atoms with Gasteiger partial charge in [-0.25, -0.2) is 8.42 Å². The van der Waals surface area contributed by atoms with Gasteiger partial charge in [0.05, 0.1) is 15.6 Å². The molecule has 0 bridgehead atoms. The normalized spacial score (nSPS) is 12.2. The molecule has 0 heterocycles. The lowest BCUT2D eigenvalue weighted by molar-refractivity contribution is -0.139. The number of carbonyl (C=O) groups excluding carboxylic acids is 2. The minimum absolute atomic E-state index is 0.0288. The van der Waals surface area contributed by atoms with E-state index in [1.54, 1.807) is 57.2 Å². The van der Waals surface area contributed by atoms with E-state index in [-0.39, 0.29) is 28.2 Å². The quantitative estimate of drug-likeness (QED) is 0.279. The number of nitrogens with one attached hydrogen (secondary N) is 1. The first-order valence-corrected chi connectivity index (χ1v) is 14.8. The number of rotatable bonds is 10. The Morgan fingerprint density at radius 2 is 1.46 bits per heavy atom. The minimum atomic E-state index is -4.27. The van der Waals surface area contributed by atoms with Crippen LogP contribution in [0.1, 0.15) is 26.3 Å². The Balaban J connectivity index is 2.09. The van der Waals surface area contributed by atoms with Crippen molar-refractivity contribution < 1.29 is 18.0 Å². The number of sulfonamides is 1. The molecule has 2 amide bonds. The third-order valence-corrected chi connectivity index (χ3v) is 8.80. The second-order valence-corrected chi connectivity index (χ2v) is 12.5. The van der Waals surface area contributed by atoms with Gasteiger partial charge in [0.2, 0.25) is 11.8 Å². The van der Waals surface area contributed by atoms with Gasteiger partial charge in [-0.1, -0.05) is 70.7 Å². The van der Waals surface area contributed by atoms with E-state index in [1.807, 2.05) is 0 Å². The molecule has 1 N–H and O–H groups in total. The van der Waals surface area contributed by atoms with Crippen molar-refractivity contribution in [3.05, 3.63) is 92.4 Å². The molecule has 0 saturated carbocycles. The average molecular weight is 631 g/mol. The Morgan fingerprint density at radius 3 is 2.03 bits per heavy atom. The second kappa shape index (κ2) is 13.2. The van der Waals surface area contributed by atoms with Crippen LogP contribution in [0.25, 0.3) is 0 Å². The van der Waals surface area contributed by atoms with Crippen molar-refractivity contribution in [1.82, 2.24) is 10.2 Å². The highest BCUT2D eigenvalue weighted by Gasteiger charge is 2.34. The lowest BCUT2D eigenvalue weighted by atomic mass is 10.1. The van der Waals surface area contributed by atoms with Gasteiger partial charge in [-0.05, 0) is 63.2 Å². The van der Waals surface area contributed by atoms with Gasteiger partial charge in [0.15, 0.2) is 0 Å². The molecule has 0 saturated heterocycles. The third kappa shape index (κ3) is 7.58. The Kier molecular flexibility index (Phi) is 10.5. The van der Waals surface area contributed by atoms with Crippen LogP contribution in [0.15, 0.2) is 71.6 Å². The zero-order valence-corrected chi connectivity index (χ0v) is 25.2. The molecular formula is C27H27Cl4N3O4S. The fourth-order valence-corrected chi connectivity index (χ4v) is 6.29. The molecule has 3 rings (SSSR count). The predicted molar refractivity (Wildman–Crippen MR) is 157 cm³/mol. The van der Waals surface area contributed by atoms with Crippen LogP contribution in [0, 0.1) is 0 Å². The molecule has 0 aliphatic rings. The zero-order chi connectivity index (χ0) is 28.9. The Hall–Kier alpha value is -2.49. The summed E-state index contributed by atoms with van der Waals surface area (Å²) < 4.78 is 28.5. The van der Waals surface area contributed by atoms with E-state index in [4.69, 9.17) is 46.4 Å². The van der Waals surface area contributed by atoms with Crippen molar-refractivity contribution in [2.24, 2.45) is 0 Å². The number of anilines is 1. The lowest BCUT2D eigenvalue weighted by Crippen LogP contribution is -2.52. The number of hydrogen-bond acceptors (Lipinski definition) is 4. The Labute approximate surface area is 248 Å². The Morgan fingerprint density at radius 1 is 0.846 bits per heavy atom. The summed E-state index contributed by atoms with van der Waals surface area (Å²) in [5.74, 6) is -1.11. The standard InChI is InChI=1S/C27H27Cl4N3O4S/c1-17(2)32-27(36)18(3)33(15-21-22(29)10-7-11-23(21)30)26(35)16-34(25-13-12-19(28)14-24(25)31)39(37,38)20-8-5-4-6-9-20/h4-14,17-18H,15-16H2,1-3H3,(H,32,36). The molecule has 0 radical (unpaired) electrons. The van der Waals surface area contributed by atoms with Crippen molar-refractivity contribution in [2.45, 2.75) is 44.3 Å². The number of hydrogen-bond donors (Lipinski definition) is 1. The zero-order valence-electron chi connectivity index (χ0n) is 21.4. The molecule has 0 aliphatic heterocycles. The van der Waals surface area contributed by atoms with Crippen molar-refractivity contribution in [3.63, 3.8) is 0 Å². The smallest absolute Gasteiger partial charge is 0.264 e. The van der Waals surface area contributed by atoms with Crippen LogP contribution in [-0.4, -0.2) is 43.8 Å². The second-order valence-electron chi connectivity index (χ2n) is 8.98. The van der Waals surface area contributed by atoms with Gasteiger partial charge >= 0.3 is 0 Å². The summed E-state index contributed by atoms with van der Waals surface area (Å²) in [4.78, 5) is 28.1. The lowest BCUT2D eigenvalue weighted by Gasteiger charge is -2.33. The maximum absolute atomic E-state index is 13.9. The van der Waals surface area contributed by atoms with E-state index in [0.29, 0.717) is 20.6 Å². The minimum Gasteiger partial charge on any atom is -0.352 e. The van der Waals surface area contributed by atoms with Crippen molar-refractivity contribution >= 4 is 73.9 Å². The summed E-state index contributed by atoms with van der Waals surface area (Å²) in [5.41, 5.74) is 0.466. The maximum atomic E-state index is 13.9. The molecule has 0 spiro atoms. The van der Waals surface area contributed by atoms with E-state index in [0.717, 1.165) is 4.31 Å². The summed E-state index contributed by atoms with van der Waals surface area (Å²) in [6.07, 6.45) is 0. The van der Waals surface area contributed by atoms with Crippen molar-refractivity contribution in [1.29, 1.82) is 0 Å². The topological polar surface area (TPSA) is 86.8 Å². The van der Waals surface area contributed by atoms with Crippen LogP contribution in [0.3, 0.4) is 0 Å². The Bertz CT molecular complexity index is 1430. The van der Waals surface area contributed by atoms with Crippen LogP contribution in [-0.2, 0) is 26.2 Å². The summed E-state index contributed by atoms with van der Waals surface area (Å²) in [6.45, 7) is 4.32. The molecule has 7 nitrogen and oxygen atoms in total. The summed E-state index contributed by atoms with van der Waals surface area (Å²) in [6, 6.07) is 15.6. The van der Waals surface area contributed by atoms with Gasteiger partial charge in [0, 0.05) is 33.2 Å². The number of nitrogens with zero attached hydrogens (tertiary/aromatic N) is 2. The third-order valence-electron chi connectivity index (χ3n) is 5.78. The fraction of sp³-hybridized carbons (Fsp3) is 0.259. The van der Waals surface area contributed by atoms with Crippen LogP contribution in [0.4, 0.5) is 5.69 Å². The first-order chi connectivity index (χ1) is 18.3. The van der Waals surface area contributed by atoms with Gasteiger partial charge in [-0.2, -0.15) is 0 Å². The molecule has 208 valence electrons. The van der Waals surface area contributed by atoms with Gasteiger partial charge < -0.3 is 10.2 Å². The molecule has 1 atom stereocenters. The van der Waals surface area contributed by atoms with Crippen LogP contribution in [0.2, 0.25) is 20.1 Å². The van der Waals surface area contributed by atoms with Gasteiger partial charge in [-0.3, -0.25) is 13.9 Å². The highest BCUT2D eigenvalue weighted by atomic mass is 35.5. The molecule has 3 aromatic carbocycles. The van der Waals surface area contributed by atoms with E-state index in [1.165, 1.54) is 35.2 Å². The van der Waals surface area contributed by atoms with Crippen LogP contribution < -0.4 is 9.62 Å². The molecule has 12 heteroatoms. The number of carbonyl (C=O) groups is 2. The monoisotopic (exact) mass is 629 g/mol. The number of halogens is 4. The highest BCUT2D eigenvalue weighted by molar-refractivity contribution is 7.92. The summed E-state index contributed by atoms with van der Waals surface area (Å²) >= 11 is 25.2. The molecule has 0 aromatic heterocycles. The van der Waals surface area contributed by atoms with E-state index >= 15 is 0 Å². The van der Waals surface area contributed by atoms with Gasteiger partial charge in [-0.15, -0.1) is 0 Å². The van der Waals surface area contributed by atoms with Gasteiger partial charge in [0.25, 0.3) is 10.0 Å². The predicted octanol–water partition coefficient (Wildman–Crippen LogP) is 6.44. The first-order valence-electron chi connectivity index (χ1n) is 11.9.